The van der Waals surface area contributed by atoms with Crippen LogP contribution in [0.2, 0.25) is 0 Å². The number of hydrogen-bond donors (Lipinski definition) is 2. The van der Waals surface area contributed by atoms with E-state index in [0.29, 0.717) is 11.2 Å². The van der Waals surface area contributed by atoms with Gasteiger partial charge in [-0.3, -0.25) is 15.1 Å². The number of nitrogens with one attached hydrogen (secondary N) is 1. The molecule has 0 bridgehead atoms. The molecule has 0 aromatic heterocycles. The average molecular weight is 231 g/mol. The maximum absolute atomic E-state index is 11.2. The minimum atomic E-state index is -0.0847. The highest BCUT2D eigenvalue weighted by Crippen LogP contribution is 2.30. The predicted molar refractivity (Wildman–Crippen MR) is 64.5 cm³/mol. The molecule has 15 heavy (non-hydrogen) atoms. The van der Waals surface area contributed by atoms with Crippen molar-refractivity contribution in [1.29, 1.82) is 0 Å². The van der Waals surface area contributed by atoms with Crippen LogP contribution in [-0.2, 0) is 4.79 Å². The summed E-state index contributed by atoms with van der Waals surface area (Å²) in [6.07, 6.45) is 0.483. The van der Waals surface area contributed by atoms with Crippen molar-refractivity contribution >= 4 is 17.7 Å². The molecule has 1 rings (SSSR count). The molecule has 88 valence electrons. The minimum absolute atomic E-state index is 0.0847. The summed E-state index contributed by atoms with van der Waals surface area (Å²) in [5.41, 5.74) is 2.18. The second-order valence-corrected chi connectivity index (χ2v) is 6.50. The van der Waals surface area contributed by atoms with E-state index in [1.165, 1.54) is 0 Å². The molecule has 1 heterocycles. The van der Waals surface area contributed by atoms with E-state index >= 15 is 0 Å². The molecule has 1 amide bonds. The molecule has 0 radical (unpaired) electrons. The van der Waals surface area contributed by atoms with E-state index in [4.69, 9.17) is 5.84 Å². The molecular weight excluding hydrogens is 210 g/mol. The smallest absolute Gasteiger partial charge is 0.235 e. The lowest BCUT2D eigenvalue weighted by molar-refractivity contribution is -0.122. The maximum Gasteiger partial charge on any atom is 0.235 e. The molecule has 1 unspecified atom stereocenters. The number of hydrogen-bond acceptors (Lipinski definition) is 4. The Kier molecular flexibility index (Phi) is 4.43. The molecule has 4 nitrogen and oxygen atoms in total. The zero-order valence-corrected chi connectivity index (χ0v) is 10.6. The van der Waals surface area contributed by atoms with Crippen LogP contribution in [0.3, 0.4) is 0 Å². The summed E-state index contributed by atoms with van der Waals surface area (Å²) >= 11 is 2.00. The number of carbonyl (C=O) groups is 1. The van der Waals surface area contributed by atoms with Crippen LogP contribution in [0.5, 0.6) is 0 Å². The topological polar surface area (TPSA) is 58.4 Å². The second kappa shape index (κ2) is 5.18. The second-order valence-electron chi connectivity index (χ2n) is 4.70. The number of nitrogens with two attached hydrogens (primary N) is 1. The van der Waals surface area contributed by atoms with Crippen LogP contribution in [0.15, 0.2) is 0 Å². The van der Waals surface area contributed by atoms with Gasteiger partial charge in [0.25, 0.3) is 0 Å². The minimum Gasteiger partial charge on any atom is -0.298 e. The molecule has 3 N–H and O–H groups in total. The van der Waals surface area contributed by atoms with Gasteiger partial charge in [-0.1, -0.05) is 0 Å². The molecule has 1 atom stereocenters. The molecule has 0 aliphatic carbocycles. The van der Waals surface area contributed by atoms with Crippen LogP contribution < -0.4 is 11.3 Å². The van der Waals surface area contributed by atoms with Crippen molar-refractivity contribution in [3.05, 3.63) is 0 Å². The Morgan fingerprint density at radius 2 is 2.33 bits per heavy atom. The van der Waals surface area contributed by atoms with Gasteiger partial charge in [0.05, 0.1) is 0 Å². The van der Waals surface area contributed by atoms with Gasteiger partial charge in [0.2, 0.25) is 5.91 Å². The van der Waals surface area contributed by atoms with E-state index in [0.717, 1.165) is 18.8 Å². The van der Waals surface area contributed by atoms with Crippen molar-refractivity contribution < 1.29 is 4.79 Å². The third kappa shape index (κ3) is 4.01. The highest BCUT2D eigenvalue weighted by Gasteiger charge is 2.29. The first-order valence-corrected chi connectivity index (χ1v) is 6.30. The summed E-state index contributed by atoms with van der Waals surface area (Å²) in [6, 6.07) is 0.272. The van der Waals surface area contributed by atoms with E-state index in [-0.39, 0.29) is 11.9 Å². The van der Waals surface area contributed by atoms with Crippen molar-refractivity contribution in [2.24, 2.45) is 5.84 Å². The molecule has 1 saturated heterocycles. The van der Waals surface area contributed by atoms with Crippen LogP contribution in [0, 0.1) is 0 Å². The summed E-state index contributed by atoms with van der Waals surface area (Å²) in [4.78, 5) is 13.5. The lowest BCUT2D eigenvalue weighted by atomic mass is 10.1. The first-order valence-electron chi connectivity index (χ1n) is 5.32. The van der Waals surface area contributed by atoms with Crippen LogP contribution in [-0.4, -0.2) is 40.4 Å². The van der Waals surface area contributed by atoms with Crippen LogP contribution >= 0.6 is 11.8 Å². The number of thioether (sulfide) groups is 1. The van der Waals surface area contributed by atoms with Gasteiger partial charge in [-0.15, -0.1) is 0 Å². The van der Waals surface area contributed by atoms with Crippen molar-refractivity contribution in [3.63, 3.8) is 0 Å². The fraction of sp³-hybridized carbons (Fsp3) is 0.900. The van der Waals surface area contributed by atoms with Crippen molar-refractivity contribution in [2.45, 2.75) is 38.0 Å². The Morgan fingerprint density at radius 1 is 1.67 bits per heavy atom. The largest absolute Gasteiger partial charge is 0.298 e. The van der Waals surface area contributed by atoms with E-state index in [2.05, 4.69) is 31.1 Å². The Morgan fingerprint density at radius 3 is 2.87 bits per heavy atom. The SMILES string of the molecule is CC(CC(=O)NN)N1CCSC(C)(C)C1. The van der Waals surface area contributed by atoms with Crippen molar-refractivity contribution in [3.8, 4) is 0 Å². The standard InChI is InChI=1S/C10H21N3OS/c1-8(6-9(14)12-11)13-4-5-15-10(2,3)7-13/h8H,4-7,11H2,1-3H3,(H,12,14). The van der Waals surface area contributed by atoms with Gasteiger partial charge in [0.1, 0.15) is 0 Å². The molecule has 1 aliphatic rings. The quantitative estimate of drug-likeness (QED) is 0.424. The van der Waals surface area contributed by atoms with E-state index in [9.17, 15) is 4.79 Å². The zero-order valence-electron chi connectivity index (χ0n) is 9.75. The lowest BCUT2D eigenvalue weighted by Gasteiger charge is -2.40. The Labute approximate surface area is 95.9 Å². The molecular formula is C10H21N3OS. The third-order valence-electron chi connectivity index (χ3n) is 2.72. The fourth-order valence-electron chi connectivity index (χ4n) is 1.89. The monoisotopic (exact) mass is 231 g/mol. The van der Waals surface area contributed by atoms with Gasteiger partial charge < -0.3 is 0 Å². The van der Waals surface area contributed by atoms with E-state index in [1.54, 1.807) is 0 Å². The first-order chi connectivity index (χ1) is 6.94. The Bertz CT molecular complexity index is 233. The number of amides is 1. The average Bonchev–Trinajstić information content (AvgIpc) is 2.16. The van der Waals surface area contributed by atoms with Gasteiger partial charge in [0.15, 0.2) is 0 Å². The molecule has 5 heteroatoms. The van der Waals surface area contributed by atoms with E-state index < -0.39 is 0 Å². The molecule has 0 aromatic carbocycles. The van der Waals surface area contributed by atoms with Crippen molar-refractivity contribution in [2.75, 3.05) is 18.8 Å². The van der Waals surface area contributed by atoms with Crippen LogP contribution in [0.25, 0.3) is 0 Å². The predicted octanol–water partition coefficient (Wildman–Crippen LogP) is 0.582. The molecule has 0 aromatic rings. The van der Waals surface area contributed by atoms with Gasteiger partial charge in [0, 0.05) is 36.1 Å². The Balaban J connectivity index is 2.45. The summed E-state index contributed by atoms with van der Waals surface area (Å²) in [5, 5.41) is 0. The summed E-state index contributed by atoms with van der Waals surface area (Å²) in [5.74, 6) is 6.14. The van der Waals surface area contributed by atoms with Gasteiger partial charge >= 0.3 is 0 Å². The van der Waals surface area contributed by atoms with Gasteiger partial charge in [-0.25, -0.2) is 5.84 Å². The summed E-state index contributed by atoms with van der Waals surface area (Å²) in [7, 11) is 0. The lowest BCUT2D eigenvalue weighted by Crippen LogP contribution is -2.48. The number of nitrogens with zero attached hydrogens (tertiary/aromatic N) is 1. The normalized spacial score (nSPS) is 23.5. The van der Waals surface area contributed by atoms with Crippen LogP contribution in [0.1, 0.15) is 27.2 Å². The van der Waals surface area contributed by atoms with Crippen molar-refractivity contribution in [1.82, 2.24) is 10.3 Å². The molecule has 1 aliphatic heterocycles. The number of rotatable bonds is 3. The number of hydrazine groups is 1. The number of carbonyl (C=O) groups excluding carboxylic acids is 1. The fourth-order valence-corrected chi connectivity index (χ4v) is 3.02. The summed E-state index contributed by atoms with van der Waals surface area (Å²) < 4.78 is 0.297. The summed E-state index contributed by atoms with van der Waals surface area (Å²) in [6.45, 7) is 8.68. The highest BCUT2D eigenvalue weighted by atomic mass is 32.2. The highest BCUT2D eigenvalue weighted by molar-refractivity contribution is 8.00. The maximum atomic E-state index is 11.2. The third-order valence-corrected chi connectivity index (χ3v) is 4.02. The zero-order chi connectivity index (χ0) is 11.5. The molecule has 0 spiro atoms. The van der Waals surface area contributed by atoms with E-state index in [1.807, 2.05) is 11.8 Å². The van der Waals surface area contributed by atoms with Gasteiger partial charge in [-0.05, 0) is 20.8 Å². The van der Waals surface area contributed by atoms with Crippen LogP contribution in [0.4, 0.5) is 0 Å². The Hall–Kier alpha value is -0.260. The first kappa shape index (κ1) is 12.8. The van der Waals surface area contributed by atoms with Gasteiger partial charge in [-0.2, -0.15) is 11.8 Å². The molecule has 1 fully saturated rings. The molecule has 0 saturated carbocycles.